The summed E-state index contributed by atoms with van der Waals surface area (Å²) < 4.78 is 32.4. The minimum atomic E-state index is -1.44. The van der Waals surface area contributed by atoms with Gasteiger partial charge in [-0.05, 0) is 18.2 Å². The van der Waals surface area contributed by atoms with Crippen LogP contribution in [0.25, 0.3) is 0 Å². The molecule has 0 fully saturated rings. The van der Waals surface area contributed by atoms with Gasteiger partial charge in [0.05, 0.1) is 17.2 Å². The average molecular weight is 289 g/mol. The molecular weight excluding hydrogens is 280 g/mol. The van der Waals surface area contributed by atoms with Crippen LogP contribution in [-0.2, 0) is 6.61 Å². The Balaban J connectivity index is 2.25. The van der Waals surface area contributed by atoms with Crippen molar-refractivity contribution in [1.29, 1.82) is 5.26 Å². The van der Waals surface area contributed by atoms with Crippen molar-refractivity contribution in [2.75, 3.05) is 0 Å². The Morgan fingerprint density at radius 1 is 1.24 bits per heavy atom. The lowest BCUT2D eigenvalue weighted by Crippen LogP contribution is -2.04. The van der Waals surface area contributed by atoms with Crippen LogP contribution < -0.4 is 4.74 Å². The van der Waals surface area contributed by atoms with E-state index in [1.807, 2.05) is 6.07 Å². The Labute approximate surface area is 118 Å². The molecule has 2 rings (SSSR count). The van der Waals surface area contributed by atoms with Gasteiger partial charge in [0, 0.05) is 5.56 Å². The standard InChI is InChI=1S/C15H9F2NO3/c16-12-5-11(15(19)20)6-13(17)14(12)21-8-10-4-2-1-3-9(10)7-18/h1-6H,8H2,(H,19,20). The molecule has 2 aromatic carbocycles. The summed E-state index contributed by atoms with van der Waals surface area (Å²) in [6.07, 6.45) is 0. The van der Waals surface area contributed by atoms with Crippen LogP contribution >= 0.6 is 0 Å². The first-order valence-electron chi connectivity index (χ1n) is 5.86. The molecule has 0 aliphatic rings. The molecule has 0 saturated heterocycles. The Kier molecular flexibility index (Phi) is 4.14. The molecule has 0 aromatic heterocycles. The van der Waals surface area contributed by atoms with Crippen molar-refractivity contribution in [3.8, 4) is 11.8 Å². The maximum absolute atomic E-state index is 13.7. The zero-order valence-electron chi connectivity index (χ0n) is 10.6. The summed E-state index contributed by atoms with van der Waals surface area (Å²) in [5.74, 6) is -4.33. The molecule has 6 heteroatoms. The Hall–Kier alpha value is -2.94. The molecule has 0 bridgehead atoms. The number of carboxylic acid groups (broad SMARTS) is 1. The van der Waals surface area contributed by atoms with E-state index in [0.717, 1.165) is 0 Å². The quantitative estimate of drug-likeness (QED) is 0.938. The van der Waals surface area contributed by atoms with E-state index in [1.165, 1.54) is 0 Å². The third-order valence-electron chi connectivity index (χ3n) is 2.76. The van der Waals surface area contributed by atoms with Gasteiger partial charge >= 0.3 is 5.97 Å². The van der Waals surface area contributed by atoms with Gasteiger partial charge in [-0.25, -0.2) is 13.6 Å². The van der Waals surface area contributed by atoms with Crippen LogP contribution in [0.1, 0.15) is 21.5 Å². The summed E-state index contributed by atoms with van der Waals surface area (Å²) in [5, 5.41) is 17.6. The largest absolute Gasteiger partial charge is 0.483 e. The highest BCUT2D eigenvalue weighted by Gasteiger charge is 2.16. The van der Waals surface area contributed by atoms with E-state index in [9.17, 15) is 13.6 Å². The second-order valence-corrected chi connectivity index (χ2v) is 4.13. The van der Waals surface area contributed by atoms with E-state index < -0.39 is 28.9 Å². The molecule has 0 aliphatic heterocycles. The van der Waals surface area contributed by atoms with Crippen molar-refractivity contribution < 1.29 is 23.4 Å². The van der Waals surface area contributed by atoms with Gasteiger partial charge in [0.25, 0.3) is 0 Å². The predicted molar refractivity (Wildman–Crippen MR) is 68.8 cm³/mol. The number of hydrogen-bond acceptors (Lipinski definition) is 3. The average Bonchev–Trinajstić information content (AvgIpc) is 2.46. The monoisotopic (exact) mass is 289 g/mol. The molecule has 2 aromatic rings. The Bertz CT molecular complexity index is 715. The third-order valence-corrected chi connectivity index (χ3v) is 2.76. The van der Waals surface area contributed by atoms with Crippen LogP contribution in [0.2, 0.25) is 0 Å². The van der Waals surface area contributed by atoms with Gasteiger partial charge in [0.1, 0.15) is 6.61 Å². The van der Waals surface area contributed by atoms with E-state index in [1.54, 1.807) is 24.3 Å². The Morgan fingerprint density at radius 3 is 2.43 bits per heavy atom. The summed E-state index contributed by atoms with van der Waals surface area (Å²) in [6, 6.07) is 9.77. The number of carboxylic acids is 1. The van der Waals surface area contributed by atoms with E-state index in [4.69, 9.17) is 15.1 Å². The molecule has 0 radical (unpaired) electrons. The number of carbonyl (C=O) groups is 1. The van der Waals surface area contributed by atoms with E-state index in [0.29, 0.717) is 23.3 Å². The lowest BCUT2D eigenvalue weighted by atomic mass is 10.1. The maximum Gasteiger partial charge on any atom is 0.335 e. The molecule has 0 heterocycles. The van der Waals surface area contributed by atoms with Crippen molar-refractivity contribution >= 4 is 5.97 Å². The normalized spacial score (nSPS) is 9.95. The fourth-order valence-electron chi connectivity index (χ4n) is 1.73. The van der Waals surface area contributed by atoms with E-state index in [-0.39, 0.29) is 6.61 Å². The molecule has 0 atom stereocenters. The number of hydrogen-bond donors (Lipinski definition) is 1. The van der Waals surface area contributed by atoms with E-state index in [2.05, 4.69) is 0 Å². The van der Waals surface area contributed by atoms with Crippen LogP contribution in [0.5, 0.6) is 5.75 Å². The second kappa shape index (κ2) is 6.01. The minimum absolute atomic E-state index is 0.204. The van der Waals surface area contributed by atoms with Crippen molar-refractivity contribution in [3.63, 3.8) is 0 Å². The molecule has 0 amide bonds. The number of benzene rings is 2. The van der Waals surface area contributed by atoms with Gasteiger partial charge in [0.15, 0.2) is 17.4 Å². The van der Waals surface area contributed by atoms with Crippen molar-refractivity contribution in [2.24, 2.45) is 0 Å². The minimum Gasteiger partial charge on any atom is -0.483 e. The fourth-order valence-corrected chi connectivity index (χ4v) is 1.73. The van der Waals surface area contributed by atoms with Gasteiger partial charge in [0.2, 0.25) is 0 Å². The number of rotatable bonds is 4. The molecule has 0 unspecified atom stereocenters. The van der Waals surface area contributed by atoms with E-state index >= 15 is 0 Å². The molecule has 21 heavy (non-hydrogen) atoms. The summed E-state index contributed by atoms with van der Waals surface area (Å²) in [6.45, 7) is -0.204. The molecule has 0 saturated carbocycles. The fraction of sp³-hybridized carbons (Fsp3) is 0.0667. The summed E-state index contributed by atoms with van der Waals surface area (Å²) in [4.78, 5) is 10.7. The lowest BCUT2D eigenvalue weighted by Gasteiger charge is -2.10. The van der Waals surface area contributed by atoms with Crippen LogP contribution in [-0.4, -0.2) is 11.1 Å². The molecular formula is C15H9F2NO3. The number of aromatic carboxylic acids is 1. The smallest absolute Gasteiger partial charge is 0.335 e. The Morgan fingerprint density at radius 2 is 1.86 bits per heavy atom. The summed E-state index contributed by atoms with van der Waals surface area (Å²) in [5.41, 5.74) is 0.302. The highest BCUT2D eigenvalue weighted by molar-refractivity contribution is 5.87. The van der Waals surface area contributed by atoms with Gasteiger partial charge in [-0.3, -0.25) is 0 Å². The highest BCUT2D eigenvalue weighted by Crippen LogP contribution is 2.24. The zero-order chi connectivity index (χ0) is 15.4. The predicted octanol–water partition coefficient (Wildman–Crippen LogP) is 3.11. The molecule has 4 nitrogen and oxygen atoms in total. The van der Waals surface area contributed by atoms with Crippen molar-refractivity contribution in [1.82, 2.24) is 0 Å². The molecule has 1 N–H and O–H groups in total. The van der Waals surface area contributed by atoms with Crippen LogP contribution in [0.3, 0.4) is 0 Å². The van der Waals surface area contributed by atoms with Crippen molar-refractivity contribution in [3.05, 3.63) is 64.7 Å². The van der Waals surface area contributed by atoms with Crippen LogP contribution in [0.4, 0.5) is 8.78 Å². The van der Waals surface area contributed by atoms with Crippen LogP contribution in [0.15, 0.2) is 36.4 Å². The first-order chi connectivity index (χ1) is 10.0. The number of nitrogens with zero attached hydrogens (tertiary/aromatic N) is 1. The van der Waals surface area contributed by atoms with Gasteiger partial charge < -0.3 is 9.84 Å². The number of nitriles is 1. The van der Waals surface area contributed by atoms with Crippen molar-refractivity contribution in [2.45, 2.75) is 6.61 Å². The molecule has 0 spiro atoms. The molecule has 0 aliphatic carbocycles. The second-order valence-electron chi connectivity index (χ2n) is 4.13. The first kappa shape index (κ1) is 14.5. The van der Waals surface area contributed by atoms with Gasteiger partial charge in [-0.2, -0.15) is 5.26 Å². The lowest BCUT2D eigenvalue weighted by molar-refractivity contribution is 0.0695. The summed E-state index contributed by atoms with van der Waals surface area (Å²) in [7, 11) is 0. The zero-order valence-corrected chi connectivity index (χ0v) is 10.6. The SMILES string of the molecule is N#Cc1ccccc1COc1c(F)cc(C(=O)O)cc1F. The number of ether oxygens (including phenoxy) is 1. The molecule has 106 valence electrons. The topological polar surface area (TPSA) is 70.3 Å². The summed E-state index contributed by atoms with van der Waals surface area (Å²) >= 11 is 0. The maximum atomic E-state index is 13.7. The van der Waals surface area contributed by atoms with Crippen LogP contribution in [0, 0.1) is 23.0 Å². The first-order valence-corrected chi connectivity index (χ1v) is 5.86. The third kappa shape index (κ3) is 3.15. The number of halogens is 2. The van der Waals surface area contributed by atoms with Gasteiger partial charge in [-0.1, -0.05) is 18.2 Å². The van der Waals surface area contributed by atoms with Gasteiger partial charge in [-0.15, -0.1) is 0 Å². The highest BCUT2D eigenvalue weighted by atomic mass is 19.1.